The van der Waals surface area contributed by atoms with Gasteiger partial charge in [0.2, 0.25) is 0 Å². The van der Waals surface area contributed by atoms with Gasteiger partial charge in [0, 0.05) is 24.4 Å². The van der Waals surface area contributed by atoms with Crippen LogP contribution in [0.15, 0.2) is 0 Å². The lowest BCUT2D eigenvalue weighted by atomic mass is 10.0. The molecule has 2 saturated heterocycles. The van der Waals surface area contributed by atoms with E-state index in [0.717, 1.165) is 12.1 Å². The maximum atomic E-state index is 3.56. The number of piperidine rings is 1. The molecular formula is C13H26N2S. The van der Waals surface area contributed by atoms with E-state index in [1.54, 1.807) is 0 Å². The molecule has 2 heterocycles. The molecule has 2 aliphatic rings. The fraction of sp³-hybridized carbons (Fsp3) is 1.00. The minimum absolute atomic E-state index is 0.817. The van der Waals surface area contributed by atoms with Crippen LogP contribution in [0, 0.1) is 0 Å². The highest BCUT2D eigenvalue weighted by Gasteiger charge is 2.27. The first-order chi connectivity index (χ1) is 7.92. The third-order valence-electron chi connectivity index (χ3n) is 3.83. The maximum Gasteiger partial charge on any atom is 0.0224 e. The minimum atomic E-state index is 0.817. The van der Waals surface area contributed by atoms with Crippen molar-refractivity contribution in [3.63, 3.8) is 0 Å². The summed E-state index contributed by atoms with van der Waals surface area (Å²) in [5.41, 5.74) is 0. The van der Waals surface area contributed by atoms with Crippen LogP contribution >= 0.6 is 11.8 Å². The highest BCUT2D eigenvalue weighted by Crippen LogP contribution is 2.25. The number of hydrogen-bond donors (Lipinski definition) is 1. The molecule has 0 aromatic rings. The Morgan fingerprint density at radius 1 is 1.25 bits per heavy atom. The molecule has 0 bridgehead atoms. The van der Waals surface area contributed by atoms with Crippen molar-refractivity contribution in [2.75, 3.05) is 31.1 Å². The summed E-state index contributed by atoms with van der Waals surface area (Å²) >= 11 is 2.16. The predicted molar refractivity (Wildman–Crippen MR) is 73.2 cm³/mol. The Bertz CT molecular complexity index is 168. The quantitative estimate of drug-likeness (QED) is 0.815. The van der Waals surface area contributed by atoms with E-state index in [-0.39, 0.29) is 0 Å². The predicted octanol–water partition coefficient (Wildman–Crippen LogP) is 2.35. The van der Waals surface area contributed by atoms with Crippen molar-refractivity contribution >= 4 is 11.8 Å². The van der Waals surface area contributed by atoms with E-state index in [4.69, 9.17) is 0 Å². The molecule has 0 aromatic carbocycles. The standard InChI is InChI=1S/C13H26N2S/c1-2-8-15(12-5-3-7-14-10-12)13-6-4-9-16-11-13/h12-14H,2-11H2,1H3. The molecule has 94 valence electrons. The molecule has 0 radical (unpaired) electrons. The van der Waals surface area contributed by atoms with Crippen LogP contribution in [0.25, 0.3) is 0 Å². The van der Waals surface area contributed by atoms with E-state index in [9.17, 15) is 0 Å². The van der Waals surface area contributed by atoms with Gasteiger partial charge in [-0.1, -0.05) is 6.92 Å². The van der Waals surface area contributed by atoms with Gasteiger partial charge in [-0.05, 0) is 50.9 Å². The number of nitrogens with zero attached hydrogens (tertiary/aromatic N) is 1. The van der Waals surface area contributed by atoms with Crippen LogP contribution in [0.3, 0.4) is 0 Å². The average Bonchev–Trinajstić information content (AvgIpc) is 2.38. The summed E-state index contributed by atoms with van der Waals surface area (Å²) in [5, 5.41) is 3.56. The molecule has 16 heavy (non-hydrogen) atoms. The van der Waals surface area contributed by atoms with Gasteiger partial charge in [-0.3, -0.25) is 4.90 Å². The molecule has 2 unspecified atom stereocenters. The first-order valence-electron chi connectivity index (χ1n) is 6.96. The molecule has 0 spiro atoms. The molecule has 1 N–H and O–H groups in total. The molecule has 0 amide bonds. The SMILES string of the molecule is CCCN(C1CCCNC1)C1CCCSC1. The second kappa shape index (κ2) is 6.87. The molecule has 3 heteroatoms. The van der Waals surface area contributed by atoms with Crippen LogP contribution in [0.1, 0.15) is 39.0 Å². The molecule has 0 saturated carbocycles. The van der Waals surface area contributed by atoms with Gasteiger partial charge in [0.05, 0.1) is 0 Å². The summed E-state index contributed by atoms with van der Waals surface area (Å²) in [6, 6.07) is 1.68. The topological polar surface area (TPSA) is 15.3 Å². The van der Waals surface area contributed by atoms with Gasteiger partial charge < -0.3 is 5.32 Å². The second-order valence-corrected chi connectivity index (χ2v) is 6.26. The first-order valence-corrected chi connectivity index (χ1v) is 8.11. The summed E-state index contributed by atoms with van der Waals surface area (Å²) in [4.78, 5) is 2.82. The highest BCUT2D eigenvalue weighted by atomic mass is 32.2. The van der Waals surface area contributed by atoms with Gasteiger partial charge >= 0.3 is 0 Å². The molecule has 2 nitrogen and oxygen atoms in total. The smallest absolute Gasteiger partial charge is 0.0224 e. The number of hydrogen-bond acceptors (Lipinski definition) is 3. The van der Waals surface area contributed by atoms with Gasteiger partial charge in [-0.2, -0.15) is 11.8 Å². The summed E-state index contributed by atoms with van der Waals surface area (Å²) in [6.45, 7) is 6.08. The highest BCUT2D eigenvalue weighted by molar-refractivity contribution is 7.99. The second-order valence-electron chi connectivity index (χ2n) is 5.11. The van der Waals surface area contributed by atoms with Crippen LogP contribution in [-0.2, 0) is 0 Å². The van der Waals surface area contributed by atoms with E-state index in [0.29, 0.717) is 0 Å². The van der Waals surface area contributed by atoms with Crippen molar-refractivity contribution in [3.05, 3.63) is 0 Å². The van der Waals surface area contributed by atoms with Crippen molar-refractivity contribution in [3.8, 4) is 0 Å². The summed E-state index contributed by atoms with van der Waals surface area (Å²) < 4.78 is 0. The number of rotatable bonds is 4. The lowest BCUT2D eigenvalue weighted by Gasteiger charge is -2.41. The van der Waals surface area contributed by atoms with Crippen LogP contribution in [0.2, 0.25) is 0 Å². The summed E-state index contributed by atoms with van der Waals surface area (Å²) in [7, 11) is 0. The van der Waals surface area contributed by atoms with Crippen LogP contribution < -0.4 is 5.32 Å². The van der Waals surface area contributed by atoms with E-state index in [2.05, 4.69) is 28.9 Å². The summed E-state index contributed by atoms with van der Waals surface area (Å²) in [6.07, 6.45) is 6.94. The molecule has 0 aromatic heterocycles. The normalized spacial score (nSPS) is 31.9. The van der Waals surface area contributed by atoms with E-state index < -0.39 is 0 Å². The molecule has 2 atom stereocenters. The van der Waals surface area contributed by atoms with Crippen LogP contribution in [-0.4, -0.2) is 48.1 Å². The number of thioether (sulfide) groups is 1. The molecule has 2 fully saturated rings. The zero-order chi connectivity index (χ0) is 11.2. The zero-order valence-corrected chi connectivity index (χ0v) is 11.4. The Labute approximate surface area is 105 Å². The van der Waals surface area contributed by atoms with Gasteiger partial charge in [0.25, 0.3) is 0 Å². The van der Waals surface area contributed by atoms with Gasteiger partial charge in [0.1, 0.15) is 0 Å². The van der Waals surface area contributed by atoms with E-state index in [1.807, 2.05) is 0 Å². The van der Waals surface area contributed by atoms with E-state index in [1.165, 1.54) is 63.2 Å². The Morgan fingerprint density at radius 2 is 2.12 bits per heavy atom. The Hall–Kier alpha value is 0.270. The van der Waals surface area contributed by atoms with Crippen molar-refractivity contribution in [2.45, 2.75) is 51.1 Å². The van der Waals surface area contributed by atoms with Crippen molar-refractivity contribution < 1.29 is 0 Å². The van der Waals surface area contributed by atoms with Gasteiger partial charge in [0.15, 0.2) is 0 Å². The largest absolute Gasteiger partial charge is 0.315 e. The van der Waals surface area contributed by atoms with Crippen molar-refractivity contribution in [2.24, 2.45) is 0 Å². The lowest BCUT2D eigenvalue weighted by molar-refractivity contribution is 0.116. The Kier molecular flexibility index (Phi) is 5.46. The van der Waals surface area contributed by atoms with Crippen molar-refractivity contribution in [1.29, 1.82) is 0 Å². The fourth-order valence-electron chi connectivity index (χ4n) is 3.02. The van der Waals surface area contributed by atoms with Gasteiger partial charge in [-0.25, -0.2) is 0 Å². The summed E-state index contributed by atoms with van der Waals surface area (Å²) in [5.74, 6) is 2.76. The Balaban J connectivity index is 1.91. The maximum absolute atomic E-state index is 3.56. The third-order valence-corrected chi connectivity index (χ3v) is 5.02. The molecule has 0 aliphatic carbocycles. The zero-order valence-electron chi connectivity index (χ0n) is 10.6. The van der Waals surface area contributed by atoms with Crippen LogP contribution in [0.4, 0.5) is 0 Å². The fourth-order valence-corrected chi connectivity index (χ4v) is 4.19. The third kappa shape index (κ3) is 3.38. The Morgan fingerprint density at radius 3 is 2.75 bits per heavy atom. The minimum Gasteiger partial charge on any atom is -0.315 e. The van der Waals surface area contributed by atoms with Crippen LogP contribution in [0.5, 0.6) is 0 Å². The number of nitrogens with one attached hydrogen (secondary N) is 1. The first kappa shape index (κ1) is 12.7. The lowest BCUT2D eigenvalue weighted by Crippen LogP contribution is -2.52. The van der Waals surface area contributed by atoms with E-state index >= 15 is 0 Å². The monoisotopic (exact) mass is 242 g/mol. The van der Waals surface area contributed by atoms with Crippen molar-refractivity contribution in [1.82, 2.24) is 10.2 Å². The molecule has 2 rings (SSSR count). The van der Waals surface area contributed by atoms with Gasteiger partial charge in [-0.15, -0.1) is 0 Å². The molecular weight excluding hydrogens is 216 g/mol. The average molecular weight is 242 g/mol. The molecule has 2 aliphatic heterocycles.